The molecule has 0 N–H and O–H groups in total. The summed E-state index contributed by atoms with van der Waals surface area (Å²) in [6.45, 7) is 1.91. The standard InChI is InChI=1S/C12H12N2O2S/c1-10-3-5-11(6-4-10)17(15,16)9-12-13-7-2-8-14-12/h2-8H,9H2,1H3. The molecule has 1 heterocycles. The van der Waals surface area contributed by atoms with E-state index in [1.54, 1.807) is 30.3 Å². The van der Waals surface area contributed by atoms with Gasteiger partial charge in [0.2, 0.25) is 0 Å². The van der Waals surface area contributed by atoms with Crippen molar-refractivity contribution >= 4 is 9.84 Å². The van der Waals surface area contributed by atoms with Gasteiger partial charge < -0.3 is 0 Å². The molecule has 2 rings (SSSR count). The summed E-state index contributed by atoms with van der Waals surface area (Å²) in [6.07, 6.45) is 3.07. The lowest BCUT2D eigenvalue weighted by Gasteiger charge is -2.03. The van der Waals surface area contributed by atoms with Gasteiger partial charge in [0.05, 0.1) is 4.90 Å². The van der Waals surface area contributed by atoms with Crippen LogP contribution in [0.15, 0.2) is 47.6 Å². The smallest absolute Gasteiger partial charge is 0.185 e. The molecule has 0 aliphatic heterocycles. The Labute approximate surface area is 100 Å². The Kier molecular flexibility index (Phi) is 3.19. The van der Waals surface area contributed by atoms with Gasteiger partial charge in [0.1, 0.15) is 11.6 Å². The molecule has 0 saturated heterocycles. The van der Waals surface area contributed by atoms with Crippen molar-refractivity contribution in [3.63, 3.8) is 0 Å². The van der Waals surface area contributed by atoms with Gasteiger partial charge in [-0.25, -0.2) is 18.4 Å². The van der Waals surface area contributed by atoms with Gasteiger partial charge in [-0.1, -0.05) is 17.7 Å². The SMILES string of the molecule is Cc1ccc(S(=O)(=O)Cc2ncccn2)cc1. The topological polar surface area (TPSA) is 59.9 Å². The van der Waals surface area contributed by atoms with Gasteiger partial charge in [0.25, 0.3) is 0 Å². The van der Waals surface area contributed by atoms with Crippen LogP contribution in [0, 0.1) is 6.92 Å². The second-order valence-electron chi connectivity index (χ2n) is 3.74. The van der Waals surface area contributed by atoms with Crippen LogP contribution in [0.1, 0.15) is 11.4 Å². The van der Waals surface area contributed by atoms with E-state index in [9.17, 15) is 8.42 Å². The van der Waals surface area contributed by atoms with Gasteiger partial charge >= 0.3 is 0 Å². The Morgan fingerprint density at radius 3 is 2.24 bits per heavy atom. The quantitative estimate of drug-likeness (QED) is 0.830. The van der Waals surface area contributed by atoms with E-state index in [0.717, 1.165) is 5.56 Å². The average Bonchev–Trinajstić information content (AvgIpc) is 2.30. The van der Waals surface area contributed by atoms with E-state index < -0.39 is 9.84 Å². The van der Waals surface area contributed by atoms with Crippen molar-refractivity contribution in [1.29, 1.82) is 0 Å². The highest BCUT2D eigenvalue weighted by Crippen LogP contribution is 2.14. The maximum Gasteiger partial charge on any atom is 0.185 e. The summed E-state index contributed by atoms with van der Waals surface area (Å²) in [7, 11) is -3.36. The summed E-state index contributed by atoms with van der Waals surface area (Å²) in [5.41, 5.74) is 1.03. The first-order chi connectivity index (χ1) is 8.08. The first-order valence-corrected chi connectivity index (χ1v) is 6.78. The van der Waals surface area contributed by atoms with E-state index >= 15 is 0 Å². The third-order valence-electron chi connectivity index (χ3n) is 2.32. The summed E-state index contributed by atoms with van der Waals surface area (Å²) in [6, 6.07) is 8.42. The first-order valence-electron chi connectivity index (χ1n) is 5.13. The lowest BCUT2D eigenvalue weighted by molar-refractivity contribution is 0.593. The molecule has 1 aromatic heterocycles. The van der Waals surface area contributed by atoms with Gasteiger partial charge in [-0.3, -0.25) is 0 Å². The molecule has 0 saturated carbocycles. The molecule has 0 aliphatic carbocycles. The van der Waals surface area contributed by atoms with E-state index in [1.165, 1.54) is 12.4 Å². The van der Waals surface area contributed by atoms with Gasteiger partial charge in [0.15, 0.2) is 9.84 Å². The lowest BCUT2D eigenvalue weighted by atomic mass is 10.2. The van der Waals surface area contributed by atoms with Crippen LogP contribution in [0.25, 0.3) is 0 Å². The molecule has 0 radical (unpaired) electrons. The Morgan fingerprint density at radius 2 is 1.65 bits per heavy atom. The van der Waals surface area contributed by atoms with E-state index in [0.29, 0.717) is 10.7 Å². The maximum absolute atomic E-state index is 12.0. The fourth-order valence-electron chi connectivity index (χ4n) is 1.40. The summed E-state index contributed by atoms with van der Waals surface area (Å²) in [4.78, 5) is 8.13. The highest BCUT2D eigenvalue weighted by Gasteiger charge is 2.16. The second kappa shape index (κ2) is 4.63. The predicted octanol–water partition coefficient (Wildman–Crippen LogP) is 1.76. The largest absolute Gasteiger partial charge is 0.240 e. The second-order valence-corrected chi connectivity index (χ2v) is 5.73. The highest BCUT2D eigenvalue weighted by atomic mass is 32.2. The van der Waals surface area contributed by atoms with E-state index in [-0.39, 0.29) is 5.75 Å². The maximum atomic E-state index is 12.0. The first kappa shape index (κ1) is 11.7. The lowest BCUT2D eigenvalue weighted by Crippen LogP contribution is -2.07. The highest BCUT2D eigenvalue weighted by molar-refractivity contribution is 7.90. The number of nitrogens with zero attached hydrogens (tertiary/aromatic N) is 2. The molecule has 0 unspecified atom stereocenters. The van der Waals surface area contributed by atoms with Gasteiger partial charge in [-0.05, 0) is 25.1 Å². The Morgan fingerprint density at radius 1 is 1.06 bits per heavy atom. The number of hydrogen-bond acceptors (Lipinski definition) is 4. The van der Waals surface area contributed by atoms with Crippen molar-refractivity contribution in [1.82, 2.24) is 9.97 Å². The number of hydrogen-bond donors (Lipinski definition) is 0. The molecule has 0 bridgehead atoms. The van der Waals surface area contributed by atoms with Crippen molar-refractivity contribution in [3.8, 4) is 0 Å². The zero-order valence-electron chi connectivity index (χ0n) is 9.37. The van der Waals surface area contributed by atoms with Crippen molar-refractivity contribution < 1.29 is 8.42 Å². The average molecular weight is 248 g/mol. The molecule has 88 valence electrons. The Hall–Kier alpha value is -1.75. The number of aromatic nitrogens is 2. The summed E-state index contributed by atoms with van der Waals surface area (Å²) in [5, 5.41) is 0. The minimum absolute atomic E-state index is 0.170. The minimum atomic E-state index is -3.36. The van der Waals surface area contributed by atoms with Crippen LogP contribution in [0.5, 0.6) is 0 Å². The normalized spacial score (nSPS) is 11.4. The van der Waals surface area contributed by atoms with Crippen molar-refractivity contribution in [2.24, 2.45) is 0 Å². The number of sulfone groups is 1. The van der Waals surface area contributed by atoms with Crippen molar-refractivity contribution in [2.45, 2.75) is 17.6 Å². The molecule has 17 heavy (non-hydrogen) atoms. The van der Waals surface area contributed by atoms with Crippen LogP contribution in [-0.2, 0) is 15.6 Å². The molecule has 0 fully saturated rings. The van der Waals surface area contributed by atoms with Crippen LogP contribution in [0.2, 0.25) is 0 Å². The molecule has 0 atom stereocenters. The predicted molar refractivity (Wildman–Crippen MR) is 64.1 cm³/mol. The van der Waals surface area contributed by atoms with Crippen LogP contribution in [0.4, 0.5) is 0 Å². The van der Waals surface area contributed by atoms with Crippen LogP contribution < -0.4 is 0 Å². The third kappa shape index (κ3) is 2.88. The Balaban J connectivity index is 2.29. The van der Waals surface area contributed by atoms with E-state index in [1.807, 2.05) is 6.92 Å². The van der Waals surface area contributed by atoms with Crippen LogP contribution in [0.3, 0.4) is 0 Å². The Bertz CT molecular complexity index is 592. The molecule has 0 spiro atoms. The molecule has 0 amide bonds. The molecule has 2 aromatic rings. The van der Waals surface area contributed by atoms with E-state index in [2.05, 4.69) is 9.97 Å². The summed E-state index contributed by atoms with van der Waals surface area (Å²) >= 11 is 0. The molecular formula is C12H12N2O2S. The monoisotopic (exact) mass is 248 g/mol. The summed E-state index contributed by atoms with van der Waals surface area (Å²) in [5.74, 6) is 0.143. The molecular weight excluding hydrogens is 236 g/mol. The van der Waals surface area contributed by atoms with E-state index in [4.69, 9.17) is 0 Å². The minimum Gasteiger partial charge on any atom is -0.240 e. The zero-order valence-corrected chi connectivity index (χ0v) is 10.2. The number of benzene rings is 1. The number of aryl methyl sites for hydroxylation is 1. The van der Waals surface area contributed by atoms with Crippen LogP contribution in [-0.4, -0.2) is 18.4 Å². The fraction of sp³-hybridized carbons (Fsp3) is 0.167. The van der Waals surface area contributed by atoms with Crippen molar-refractivity contribution in [2.75, 3.05) is 0 Å². The fourth-order valence-corrected chi connectivity index (χ4v) is 2.61. The molecule has 5 heteroatoms. The molecule has 0 aliphatic rings. The molecule has 4 nitrogen and oxygen atoms in total. The van der Waals surface area contributed by atoms with Gasteiger partial charge in [-0.2, -0.15) is 0 Å². The summed E-state index contributed by atoms with van der Waals surface area (Å²) < 4.78 is 24.1. The van der Waals surface area contributed by atoms with Gasteiger partial charge in [0, 0.05) is 12.4 Å². The zero-order chi connectivity index (χ0) is 12.3. The van der Waals surface area contributed by atoms with Crippen LogP contribution >= 0.6 is 0 Å². The number of rotatable bonds is 3. The third-order valence-corrected chi connectivity index (χ3v) is 3.95. The molecule has 1 aromatic carbocycles. The van der Waals surface area contributed by atoms with Crippen molar-refractivity contribution in [3.05, 3.63) is 54.1 Å². The van der Waals surface area contributed by atoms with Gasteiger partial charge in [-0.15, -0.1) is 0 Å².